The molecular formula is C68H122NO8+. The van der Waals surface area contributed by atoms with Crippen molar-refractivity contribution in [2.24, 2.45) is 0 Å². The minimum absolute atomic E-state index is 0.182. The molecule has 1 N–H and O–H groups in total. The number of nitrogens with zero attached hydrogens (tertiary/aromatic N) is 1. The van der Waals surface area contributed by atoms with Gasteiger partial charge in [0.25, 0.3) is 6.29 Å². The highest BCUT2D eigenvalue weighted by molar-refractivity contribution is 5.71. The van der Waals surface area contributed by atoms with E-state index in [-0.39, 0.29) is 32.2 Å². The number of aliphatic carboxylic acids is 1. The fraction of sp³-hybridized carbons (Fsp3) is 0.779. The molecule has 2 atom stereocenters. The summed E-state index contributed by atoms with van der Waals surface area (Å²) in [7, 11) is 5.98. The Hall–Kier alpha value is -3.27. The van der Waals surface area contributed by atoms with Crippen molar-refractivity contribution in [3.8, 4) is 0 Å². The Morgan fingerprint density at radius 1 is 0.403 bits per heavy atom. The van der Waals surface area contributed by atoms with E-state index in [1.807, 2.05) is 21.1 Å². The monoisotopic (exact) mass is 1080 g/mol. The normalized spacial score (nSPS) is 13.2. The minimum atomic E-state index is -1.51. The predicted octanol–water partition coefficient (Wildman–Crippen LogP) is 19.4. The second-order valence-electron chi connectivity index (χ2n) is 22.7. The Balaban J connectivity index is 4.11. The maximum absolute atomic E-state index is 12.9. The van der Waals surface area contributed by atoms with Crippen LogP contribution in [0.1, 0.15) is 284 Å². The topological polar surface area (TPSA) is 108 Å². The summed E-state index contributed by atoms with van der Waals surface area (Å²) in [5.74, 6) is -2.00. The summed E-state index contributed by atoms with van der Waals surface area (Å²) >= 11 is 0. The first-order valence-corrected chi connectivity index (χ1v) is 32.1. The molecule has 0 saturated heterocycles. The predicted molar refractivity (Wildman–Crippen MR) is 327 cm³/mol. The lowest BCUT2D eigenvalue weighted by atomic mass is 10.0. The van der Waals surface area contributed by atoms with Gasteiger partial charge < -0.3 is 28.5 Å². The molecule has 446 valence electrons. The first kappa shape index (κ1) is 73.7. The Labute approximate surface area is 475 Å². The Bertz CT molecular complexity index is 1490. The maximum atomic E-state index is 12.9. The number of hydrogen-bond donors (Lipinski definition) is 1. The molecular weight excluding hydrogens is 959 g/mol. The van der Waals surface area contributed by atoms with Gasteiger partial charge in [-0.2, -0.15) is 0 Å². The summed E-state index contributed by atoms with van der Waals surface area (Å²) in [6.45, 7) is 4.79. The van der Waals surface area contributed by atoms with E-state index in [9.17, 15) is 19.5 Å². The number of hydrogen-bond acceptors (Lipinski definition) is 7. The molecule has 0 bridgehead atoms. The molecule has 0 amide bonds. The van der Waals surface area contributed by atoms with E-state index >= 15 is 0 Å². The summed E-state index contributed by atoms with van der Waals surface area (Å²) in [6.07, 6.45) is 74.2. The Morgan fingerprint density at radius 3 is 1.12 bits per heavy atom. The van der Waals surface area contributed by atoms with Gasteiger partial charge in [-0.05, 0) is 83.5 Å². The van der Waals surface area contributed by atoms with E-state index in [1.165, 1.54) is 186 Å². The Morgan fingerprint density at radius 2 is 0.740 bits per heavy atom. The zero-order valence-electron chi connectivity index (χ0n) is 50.9. The summed E-state index contributed by atoms with van der Waals surface area (Å²) in [5, 5.41) is 9.72. The van der Waals surface area contributed by atoms with Crippen LogP contribution in [0.3, 0.4) is 0 Å². The van der Waals surface area contributed by atoms with Gasteiger partial charge in [-0.15, -0.1) is 0 Å². The average Bonchev–Trinajstić information content (AvgIpc) is 3.40. The fourth-order valence-electron chi connectivity index (χ4n) is 9.04. The molecule has 0 saturated carbocycles. The first-order valence-electron chi connectivity index (χ1n) is 32.1. The number of allylic oxidation sites excluding steroid dienone is 12. The number of ether oxygens (including phenoxy) is 4. The average molecular weight is 1080 g/mol. The third kappa shape index (κ3) is 60.2. The summed E-state index contributed by atoms with van der Waals surface area (Å²) in [4.78, 5) is 37.5. The van der Waals surface area contributed by atoms with Gasteiger partial charge in [0.15, 0.2) is 6.10 Å². The van der Waals surface area contributed by atoms with Gasteiger partial charge in [0.05, 0.1) is 34.4 Å². The van der Waals surface area contributed by atoms with Crippen LogP contribution in [0.4, 0.5) is 0 Å². The zero-order chi connectivity index (χ0) is 56.2. The van der Waals surface area contributed by atoms with Crippen LogP contribution in [0.15, 0.2) is 72.9 Å². The fourth-order valence-corrected chi connectivity index (χ4v) is 9.04. The van der Waals surface area contributed by atoms with E-state index in [0.717, 1.165) is 70.6 Å². The molecule has 0 aliphatic heterocycles. The van der Waals surface area contributed by atoms with Crippen LogP contribution in [0.5, 0.6) is 0 Å². The van der Waals surface area contributed by atoms with Gasteiger partial charge in [-0.25, -0.2) is 4.79 Å². The second-order valence-corrected chi connectivity index (χ2v) is 22.7. The number of rotatable bonds is 59. The van der Waals surface area contributed by atoms with Crippen molar-refractivity contribution in [2.75, 3.05) is 47.5 Å². The van der Waals surface area contributed by atoms with Crippen LogP contribution >= 0.6 is 0 Å². The van der Waals surface area contributed by atoms with E-state index in [1.54, 1.807) is 0 Å². The highest BCUT2D eigenvalue weighted by Gasteiger charge is 2.25. The number of quaternary nitrogens is 1. The lowest BCUT2D eigenvalue weighted by molar-refractivity contribution is -0.870. The van der Waals surface area contributed by atoms with Crippen LogP contribution in [-0.4, -0.2) is 87.4 Å². The van der Waals surface area contributed by atoms with Crippen molar-refractivity contribution in [1.82, 2.24) is 0 Å². The molecule has 9 nitrogen and oxygen atoms in total. The molecule has 9 heteroatoms. The Kier molecular flexibility index (Phi) is 56.4. The number of unbranched alkanes of at least 4 members (excludes halogenated alkanes) is 32. The van der Waals surface area contributed by atoms with E-state index in [2.05, 4.69) is 86.8 Å². The quantitative estimate of drug-likeness (QED) is 0.0211. The van der Waals surface area contributed by atoms with Crippen molar-refractivity contribution in [1.29, 1.82) is 0 Å². The maximum Gasteiger partial charge on any atom is 0.361 e. The van der Waals surface area contributed by atoms with Gasteiger partial charge in [-0.3, -0.25) is 9.59 Å². The van der Waals surface area contributed by atoms with Crippen molar-refractivity contribution in [3.63, 3.8) is 0 Å². The molecule has 0 radical (unpaired) electrons. The van der Waals surface area contributed by atoms with E-state index in [0.29, 0.717) is 17.4 Å². The number of likely N-dealkylation sites (N-methyl/N-ethyl adjacent to an activating group) is 1. The van der Waals surface area contributed by atoms with Gasteiger partial charge in [-0.1, -0.05) is 260 Å². The highest BCUT2D eigenvalue weighted by Crippen LogP contribution is 2.17. The molecule has 0 rings (SSSR count). The van der Waals surface area contributed by atoms with Gasteiger partial charge in [0.2, 0.25) is 0 Å². The van der Waals surface area contributed by atoms with Crippen LogP contribution in [0, 0.1) is 0 Å². The lowest BCUT2D eigenvalue weighted by Crippen LogP contribution is -2.40. The van der Waals surface area contributed by atoms with Crippen molar-refractivity contribution >= 4 is 17.9 Å². The van der Waals surface area contributed by atoms with Crippen molar-refractivity contribution in [2.45, 2.75) is 296 Å². The molecule has 0 aromatic carbocycles. The molecule has 0 aromatic rings. The molecule has 77 heavy (non-hydrogen) atoms. The number of carboxylic acid groups (broad SMARTS) is 1. The molecule has 0 aliphatic carbocycles. The van der Waals surface area contributed by atoms with Gasteiger partial charge >= 0.3 is 17.9 Å². The first-order chi connectivity index (χ1) is 37.6. The number of esters is 2. The molecule has 0 spiro atoms. The van der Waals surface area contributed by atoms with Crippen molar-refractivity contribution < 1.29 is 42.9 Å². The van der Waals surface area contributed by atoms with Crippen molar-refractivity contribution in [3.05, 3.63) is 72.9 Å². The number of carbonyl (C=O) groups is 3. The number of carbonyl (C=O) groups excluding carboxylic acids is 2. The SMILES string of the molecule is CC/C=C\C/C=C\C/C=C\C/C=C\C/C=C\CCCCCCCCCCCCCCCCCCCC(=O)OC(COC(=O)CCCCCCCCCCC/C=C\CCCCCCCC)COC(OCC[N+](C)(C)C)C(=O)O. The van der Waals surface area contributed by atoms with Crippen LogP contribution < -0.4 is 0 Å². The highest BCUT2D eigenvalue weighted by atomic mass is 16.7. The summed E-state index contributed by atoms with van der Waals surface area (Å²) < 4.78 is 22.9. The zero-order valence-corrected chi connectivity index (χ0v) is 50.9. The molecule has 0 fully saturated rings. The van der Waals surface area contributed by atoms with Crippen LogP contribution in [-0.2, 0) is 33.3 Å². The smallest absolute Gasteiger partial charge is 0.361 e. The van der Waals surface area contributed by atoms with E-state index < -0.39 is 24.3 Å². The van der Waals surface area contributed by atoms with Gasteiger partial charge in [0.1, 0.15) is 13.2 Å². The third-order valence-corrected chi connectivity index (χ3v) is 13.9. The third-order valence-electron chi connectivity index (χ3n) is 13.9. The van der Waals surface area contributed by atoms with Crippen LogP contribution in [0.2, 0.25) is 0 Å². The van der Waals surface area contributed by atoms with Gasteiger partial charge in [0, 0.05) is 12.8 Å². The number of carboxylic acids is 1. The molecule has 0 aliphatic rings. The molecule has 2 unspecified atom stereocenters. The molecule has 0 heterocycles. The summed E-state index contributed by atoms with van der Waals surface area (Å²) in [5.41, 5.74) is 0. The standard InChI is InChI=1S/C68H121NO8/c1-6-8-10-12-14-16-18-20-22-24-26-27-28-29-30-31-32-33-34-35-36-37-38-39-41-43-45-47-49-51-53-55-57-59-66(71)77-64(63-76-68(67(72)73)74-61-60-69(3,4)5)62-75-65(70)58-56-54-52-50-48-46-44-42-40-25-23-21-19-17-15-13-11-9-7-2/h8,10,14,16,20-23,26-27,29-30,64,68H,6-7,9,11-13,15,17-19,24-25,28,31-63H2,1-5H3/p+1/b10-8-,16-14-,22-20-,23-21-,27-26-,30-29-. The minimum Gasteiger partial charge on any atom is -0.477 e. The lowest BCUT2D eigenvalue weighted by Gasteiger charge is -2.25. The molecule has 0 aromatic heterocycles. The van der Waals surface area contributed by atoms with E-state index in [4.69, 9.17) is 18.9 Å². The second kappa shape index (κ2) is 58.9. The van der Waals surface area contributed by atoms with Crippen LogP contribution in [0.25, 0.3) is 0 Å². The largest absolute Gasteiger partial charge is 0.477 e. The summed E-state index contributed by atoms with van der Waals surface area (Å²) in [6, 6.07) is 0.